The molecule has 2 aromatic rings. The predicted octanol–water partition coefficient (Wildman–Crippen LogP) is 1.23. The van der Waals surface area contributed by atoms with E-state index in [1.807, 2.05) is 12.3 Å². The van der Waals surface area contributed by atoms with Gasteiger partial charge in [-0.1, -0.05) is 0 Å². The van der Waals surface area contributed by atoms with Gasteiger partial charge in [-0.2, -0.15) is 4.98 Å². The molecule has 3 heterocycles. The molecular formula is C13H17N5OS. The van der Waals surface area contributed by atoms with Gasteiger partial charge in [0.1, 0.15) is 11.6 Å². The second kappa shape index (κ2) is 6.15. The predicted molar refractivity (Wildman–Crippen MR) is 78.3 cm³/mol. The summed E-state index contributed by atoms with van der Waals surface area (Å²) in [4.78, 5) is 15.3. The molecule has 1 saturated heterocycles. The Bertz CT molecular complexity index is 567. The maximum atomic E-state index is 5.67. The van der Waals surface area contributed by atoms with Crippen molar-refractivity contribution < 1.29 is 4.74 Å². The van der Waals surface area contributed by atoms with Gasteiger partial charge in [0.2, 0.25) is 5.88 Å². The number of rotatable bonds is 4. The van der Waals surface area contributed by atoms with Gasteiger partial charge < -0.3 is 15.0 Å². The average Bonchev–Trinajstić information content (AvgIpc) is 2.92. The molecule has 0 aliphatic carbocycles. The first kappa shape index (κ1) is 13.3. The van der Waals surface area contributed by atoms with Crippen molar-refractivity contribution in [3.63, 3.8) is 0 Å². The molecule has 20 heavy (non-hydrogen) atoms. The van der Waals surface area contributed by atoms with Crippen molar-refractivity contribution in [1.82, 2.24) is 20.3 Å². The fourth-order valence-corrected chi connectivity index (χ4v) is 2.74. The van der Waals surface area contributed by atoms with Crippen LogP contribution in [-0.2, 0) is 6.61 Å². The van der Waals surface area contributed by atoms with Crippen LogP contribution < -0.4 is 15.0 Å². The molecule has 1 aliphatic rings. The molecule has 2 aromatic heterocycles. The summed E-state index contributed by atoms with van der Waals surface area (Å²) in [5, 5.41) is 6.29. The number of piperazine rings is 1. The highest BCUT2D eigenvalue weighted by molar-refractivity contribution is 7.09. The van der Waals surface area contributed by atoms with Crippen LogP contribution in [0, 0.1) is 6.92 Å². The lowest BCUT2D eigenvalue weighted by Crippen LogP contribution is -2.43. The number of nitrogens with zero attached hydrogens (tertiary/aromatic N) is 4. The van der Waals surface area contributed by atoms with Crippen LogP contribution in [0.3, 0.4) is 0 Å². The van der Waals surface area contributed by atoms with Gasteiger partial charge in [0.05, 0.1) is 12.4 Å². The number of aromatic nitrogens is 3. The minimum atomic E-state index is 0.443. The normalized spacial score (nSPS) is 15.3. The van der Waals surface area contributed by atoms with Crippen LogP contribution in [0.4, 0.5) is 5.82 Å². The van der Waals surface area contributed by atoms with Gasteiger partial charge >= 0.3 is 0 Å². The maximum Gasteiger partial charge on any atom is 0.234 e. The molecule has 3 rings (SSSR count). The number of anilines is 1. The molecule has 0 unspecified atom stereocenters. The summed E-state index contributed by atoms with van der Waals surface area (Å²) in [6, 6.07) is 0. The number of aryl methyl sites for hydroxylation is 1. The van der Waals surface area contributed by atoms with Crippen molar-refractivity contribution in [3.05, 3.63) is 28.5 Å². The molecule has 0 aromatic carbocycles. The molecule has 1 N–H and O–H groups in total. The summed E-state index contributed by atoms with van der Waals surface area (Å²) in [5.41, 5.74) is 1.02. The molecule has 0 amide bonds. The third kappa shape index (κ3) is 3.23. The van der Waals surface area contributed by atoms with Crippen molar-refractivity contribution in [2.75, 3.05) is 31.1 Å². The van der Waals surface area contributed by atoms with E-state index in [4.69, 9.17) is 4.74 Å². The SMILES string of the molecule is Cc1csc(COc2cncc(N3CCNCC3)n2)n1. The van der Waals surface area contributed by atoms with E-state index in [0.29, 0.717) is 12.5 Å². The monoisotopic (exact) mass is 291 g/mol. The summed E-state index contributed by atoms with van der Waals surface area (Å²) < 4.78 is 5.67. The molecular weight excluding hydrogens is 274 g/mol. The number of thiazole rings is 1. The van der Waals surface area contributed by atoms with Crippen LogP contribution in [0.1, 0.15) is 10.7 Å². The number of nitrogens with one attached hydrogen (secondary N) is 1. The van der Waals surface area contributed by atoms with E-state index >= 15 is 0 Å². The van der Waals surface area contributed by atoms with Crippen LogP contribution in [0.2, 0.25) is 0 Å². The van der Waals surface area contributed by atoms with Crippen LogP contribution in [0.5, 0.6) is 5.88 Å². The van der Waals surface area contributed by atoms with Gasteiger partial charge in [0.25, 0.3) is 0 Å². The van der Waals surface area contributed by atoms with Gasteiger partial charge in [0.15, 0.2) is 5.82 Å². The maximum absolute atomic E-state index is 5.67. The van der Waals surface area contributed by atoms with Crippen LogP contribution >= 0.6 is 11.3 Å². The largest absolute Gasteiger partial charge is 0.469 e. The van der Waals surface area contributed by atoms with Crippen LogP contribution in [-0.4, -0.2) is 41.1 Å². The van der Waals surface area contributed by atoms with Crippen molar-refractivity contribution in [2.45, 2.75) is 13.5 Å². The summed E-state index contributed by atoms with van der Waals surface area (Å²) in [7, 11) is 0. The highest BCUT2D eigenvalue weighted by Crippen LogP contribution is 2.16. The van der Waals surface area contributed by atoms with Crippen molar-refractivity contribution in [2.24, 2.45) is 0 Å². The lowest BCUT2D eigenvalue weighted by atomic mass is 10.3. The third-order valence-corrected chi connectivity index (χ3v) is 3.99. The fraction of sp³-hybridized carbons (Fsp3) is 0.462. The zero-order chi connectivity index (χ0) is 13.8. The molecule has 0 radical (unpaired) electrons. The Balaban J connectivity index is 1.64. The number of hydrogen-bond donors (Lipinski definition) is 1. The number of ether oxygens (including phenoxy) is 1. The summed E-state index contributed by atoms with van der Waals surface area (Å²) in [6.07, 6.45) is 3.43. The minimum Gasteiger partial charge on any atom is -0.469 e. The van der Waals surface area contributed by atoms with Gasteiger partial charge in [-0.05, 0) is 6.92 Å². The first-order valence-corrected chi connectivity index (χ1v) is 7.51. The minimum absolute atomic E-state index is 0.443. The Labute approximate surface area is 121 Å². The average molecular weight is 291 g/mol. The first-order chi connectivity index (χ1) is 9.81. The third-order valence-electron chi connectivity index (χ3n) is 3.05. The van der Waals surface area contributed by atoms with E-state index in [2.05, 4.69) is 25.2 Å². The van der Waals surface area contributed by atoms with E-state index in [0.717, 1.165) is 42.7 Å². The topological polar surface area (TPSA) is 63.2 Å². The molecule has 0 spiro atoms. The summed E-state index contributed by atoms with van der Waals surface area (Å²) in [5.74, 6) is 1.42. The smallest absolute Gasteiger partial charge is 0.234 e. The zero-order valence-electron chi connectivity index (χ0n) is 11.4. The van der Waals surface area contributed by atoms with E-state index in [9.17, 15) is 0 Å². The molecule has 7 heteroatoms. The quantitative estimate of drug-likeness (QED) is 0.914. The molecule has 106 valence electrons. The van der Waals surface area contributed by atoms with Gasteiger partial charge in [-0.25, -0.2) is 4.98 Å². The Kier molecular flexibility index (Phi) is 4.08. The van der Waals surface area contributed by atoms with Crippen LogP contribution in [0.25, 0.3) is 0 Å². The fourth-order valence-electron chi connectivity index (χ4n) is 2.06. The molecule has 1 fully saturated rings. The molecule has 0 bridgehead atoms. The van der Waals surface area contributed by atoms with Crippen molar-refractivity contribution in [3.8, 4) is 5.88 Å². The summed E-state index contributed by atoms with van der Waals surface area (Å²) >= 11 is 1.60. The van der Waals surface area contributed by atoms with E-state index in [-0.39, 0.29) is 0 Å². The lowest BCUT2D eigenvalue weighted by molar-refractivity contribution is 0.291. The van der Waals surface area contributed by atoms with E-state index in [1.54, 1.807) is 23.7 Å². The van der Waals surface area contributed by atoms with E-state index < -0.39 is 0 Å². The highest BCUT2D eigenvalue weighted by atomic mass is 32.1. The van der Waals surface area contributed by atoms with Gasteiger partial charge in [-0.3, -0.25) is 4.98 Å². The van der Waals surface area contributed by atoms with E-state index in [1.165, 1.54) is 0 Å². The Morgan fingerprint density at radius 1 is 1.30 bits per heavy atom. The van der Waals surface area contributed by atoms with Gasteiger partial charge in [-0.15, -0.1) is 11.3 Å². The zero-order valence-corrected chi connectivity index (χ0v) is 12.2. The Morgan fingerprint density at radius 2 is 2.15 bits per heavy atom. The Morgan fingerprint density at radius 3 is 2.90 bits per heavy atom. The molecule has 1 aliphatic heterocycles. The second-order valence-corrected chi connectivity index (χ2v) is 5.57. The Hall–Kier alpha value is -1.73. The lowest BCUT2D eigenvalue weighted by Gasteiger charge is -2.28. The molecule has 0 atom stereocenters. The highest BCUT2D eigenvalue weighted by Gasteiger charge is 2.12. The van der Waals surface area contributed by atoms with Gasteiger partial charge in [0, 0.05) is 37.3 Å². The second-order valence-electron chi connectivity index (χ2n) is 4.62. The summed E-state index contributed by atoms with van der Waals surface area (Å²) in [6.45, 7) is 6.27. The molecule has 6 nitrogen and oxygen atoms in total. The standard InChI is InChI=1S/C13H17N5OS/c1-10-9-20-13(16-10)8-19-12-7-15-6-11(17-12)18-4-2-14-3-5-18/h6-7,9,14H,2-5,8H2,1H3. The number of hydrogen-bond acceptors (Lipinski definition) is 7. The van der Waals surface area contributed by atoms with Crippen molar-refractivity contribution >= 4 is 17.2 Å². The molecule has 0 saturated carbocycles. The van der Waals surface area contributed by atoms with Crippen molar-refractivity contribution in [1.29, 1.82) is 0 Å². The first-order valence-electron chi connectivity index (χ1n) is 6.63. The van der Waals surface area contributed by atoms with Crippen LogP contribution in [0.15, 0.2) is 17.8 Å².